The number of pyridine rings is 2. The van der Waals surface area contributed by atoms with Gasteiger partial charge in [0.15, 0.2) is 11.5 Å². The number of aromatic nitrogens is 4. The van der Waals surface area contributed by atoms with Gasteiger partial charge < -0.3 is 10.8 Å². The zero-order valence-corrected chi connectivity index (χ0v) is 14.1. The van der Waals surface area contributed by atoms with Gasteiger partial charge in [0.25, 0.3) is 0 Å². The van der Waals surface area contributed by atoms with Crippen molar-refractivity contribution >= 4 is 29.0 Å². The van der Waals surface area contributed by atoms with Gasteiger partial charge in [-0.15, -0.1) is 0 Å². The summed E-state index contributed by atoms with van der Waals surface area (Å²) in [6, 6.07) is 14.8. The first-order valence-electron chi connectivity index (χ1n) is 8.19. The molecular weight excluding hydrogens is 342 g/mol. The van der Waals surface area contributed by atoms with Crippen molar-refractivity contribution in [3.05, 3.63) is 72.6 Å². The number of carboxylic acids is 1. The zero-order chi connectivity index (χ0) is 18.8. The Labute approximate surface area is 154 Å². The minimum Gasteiger partial charge on any atom is -0.478 e. The Morgan fingerprint density at radius 3 is 2.52 bits per heavy atom. The lowest BCUT2D eigenvalue weighted by Gasteiger charge is -2.10. The van der Waals surface area contributed by atoms with Gasteiger partial charge in [-0.05, 0) is 48.0 Å². The predicted octanol–water partition coefficient (Wildman–Crippen LogP) is 3.16. The number of imidazole rings is 1. The lowest BCUT2D eigenvalue weighted by molar-refractivity contribution is -0.131. The number of hydrogen-bond acceptors (Lipinski definition) is 5. The molecule has 27 heavy (non-hydrogen) atoms. The van der Waals surface area contributed by atoms with Gasteiger partial charge in [0, 0.05) is 24.2 Å². The normalized spacial score (nSPS) is 11.3. The Hall–Kier alpha value is -4.00. The molecule has 0 atom stereocenters. The fraction of sp³-hybridized carbons (Fsp3) is 0. The molecule has 1 aromatic carbocycles. The minimum atomic E-state index is -0.988. The standard InChI is InChI=1S/C20H15N5O2/c21-18-15(3-1-11-22-18)19-24-16-4-2-12-23-20(16)25(19)14-8-5-13(6-9-14)7-10-17(26)27/h1-12H,(H2,21,22)(H,26,27)/b10-7+. The van der Waals surface area contributed by atoms with Gasteiger partial charge >= 0.3 is 5.97 Å². The van der Waals surface area contributed by atoms with Crippen molar-refractivity contribution in [2.45, 2.75) is 0 Å². The van der Waals surface area contributed by atoms with Crippen molar-refractivity contribution in [3.8, 4) is 17.1 Å². The van der Waals surface area contributed by atoms with Gasteiger partial charge in [0.05, 0.1) is 5.56 Å². The molecule has 7 nitrogen and oxygen atoms in total. The molecule has 3 aromatic heterocycles. The van der Waals surface area contributed by atoms with Gasteiger partial charge in [-0.1, -0.05) is 12.1 Å². The summed E-state index contributed by atoms with van der Waals surface area (Å²) in [5.74, 6) is 0.0383. The first kappa shape index (κ1) is 16.5. The Morgan fingerprint density at radius 1 is 1.04 bits per heavy atom. The van der Waals surface area contributed by atoms with Gasteiger partial charge in [-0.25, -0.2) is 19.7 Å². The highest BCUT2D eigenvalue weighted by Crippen LogP contribution is 2.30. The highest BCUT2D eigenvalue weighted by atomic mass is 16.4. The first-order chi connectivity index (χ1) is 13.1. The number of hydrogen-bond donors (Lipinski definition) is 2. The molecule has 4 aromatic rings. The SMILES string of the molecule is Nc1ncccc1-c1nc2cccnc2n1-c1ccc(/C=C/C(=O)O)cc1. The van der Waals surface area contributed by atoms with E-state index in [1.165, 1.54) is 6.08 Å². The molecule has 0 aliphatic heterocycles. The summed E-state index contributed by atoms with van der Waals surface area (Å²) in [5, 5.41) is 8.76. The van der Waals surface area contributed by atoms with Crippen LogP contribution < -0.4 is 5.73 Å². The van der Waals surface area contributed by atoms with Crippen LogP contribution in [0.25, 0.3) is 34.3 Å². The van der Waals surface area contributed by atoms with Gasteiger partial charge in [-0.2, -0.15) is 0 Å². The van der Waals surface area contributed by atoms with Crippen molar-refractivity contribution in [3.63, 3.8) is 0 Å². The van der Waals surface area contributed by atoms with Crippen molar-refractivity contribution < 1.29 is 9.90 Å². The van der Waals surface area contributed by atoms with Crippen LogP contribution in [0, 0.1) is 0 Å². The van der Waals surface area contributed by atoms with Crippen molar-refractivity contribution in [1.29, 1.82) is 0 Å². The third kappa shape index (κ3) is 3.13. The van der Waals surface area contributed by atoms with Crippen molar-refractivity contribution in [1.82, 2.24) is 19.5 Å². The largest absolute Gasteiger partial charge is 0.478 e. The molecule has 3 heterocycles. The summed E-state index contributed by atoms with van der Waals surface area (Å²) in [5.41, 5.74) is 9.83. The number of rotatable bonds is 4. The minimum absolute atomic E-state index is 0.384. The highest BCUT2D eigenvalue weighted by Gasteiger charge is 2.17. The molecule has 0 amide bonds. The van der Waals surface area contributed by atoms with Crippen LogP contribution in [0.4, 0.5) is 5.82 Å². The summed E-state index contributed by atoms with van der Waals surface area (Å²) >= 11 is 0. The molecule has 0 saturated carbocycles. The first-order valence-corrected chi connectivity index (χ1v) is 8.19. The third-order valence-electron chi connectivity index (χ3n) is 4.07. The number of fused-ring (bicyclic) bond motifs is 1. The number of benzene rings is 1. The second-order valence-electron chi connectivity index (χ2n) is 5.82. The van der Waals surface area contributed by atoms with Gasteiger partial charge in [-0.3, -0.25) is 4.57 Å². The van der Waals surface area contributed by atoms with E-state index in [0.29, 0.717) is 22.9 Å². The maximum Gasteiger partial charge on any atom is 0.328 e. The predicted molar refractivity (Wildman–Crippen MR) is 103 cm³/mol. The quantitative estimate of drug-likeness (QED) is 0.543. The number of nitrogens with two attached hydrogens (primary N) is 1. The van der Waals surface area contributed by atoms with Gasteiger partial charge in [0.1, 0.15) is 11.3 Å². The van der Waals surface area contributed by atoms with Crippen LogP contribution in [0.2, 0.25) is 0 Å². The molecule has 0 aliphatic carbocycles. The van der Waals surface area contributed by atoms with Gasteiger partial charge in [0.2, 0.25) is 0 Å². The maximum atomic E-state index is 10.7. The van der Waals surface area contributed by atoms with Crippen molar-refractivity contribution in [2.75, 3.05) is 5.73 Å². The Kier molecular flexibility index (Phi) is 4.10. The Balaban J connectivity index is 1.89. The second kappa shape index (κ2) is 6.72. The highest BCUT2D eigenvalue weighted by molar-refractivity contribution is 5.85. The van der Waals surface area contributed by atoms with Crippen LogP contribution in [0.5, 0.6) is 0 Å². The topological polar surface area (TPSA) is 107 Å². The van der Waals surface area contributed by atoms with Crippen LogP contribution in [0.3, 0.4) is 0 Å². The summed E-state index contributed by atoms with van der Waals surface area (Å²) in [6.45, 7) is 0. The van der Waals surface area contributed by atoms with Crippen LogP contribution in [-0.4, -0.2) is 30.6 Å². The van der Waals surface area contributed by atoms with E-state index < -0.39 is 5.97 Å². The van der Waals surface area contributed by atoms with E-state index >= 15 is 0 Å². The summed E-state index contributed by atoms with van der Waals surface area (Å²) < 4.78 is 1.91. The van der Waals surface area contributed by atoms with E-state index in [4.69, 9.17) is 15.8 Å². The lowest BCUT2D eigenvalue weighted by Crippen LogP contribution is -2.01. The fourth-order valence-corrected chi connectivity index (χ4v) is 2.85. The molecule has 132 valence electrons. The Morgan fingerprint density at radius 2 is 1.78 bits per heavy atom. The summed E-state index contributed by atoms with van der Waals surface area (Å²) in [7, 11) is 0. The lowest BCUT2D eigenvalue weighted by atomic mass is 10.2. The second-order valence-corrected chi connectivity index (χ2v) is 5.82. The number of aliphatic carboxylic acids is 1. The average molecular weight is 357 g/mol. The molecule has 0 unspecified atom stereocenters. The van der Waals surface area contributed by atoms with Crippen LogP contribution in [0.15, 0.2) is 67.0 Å². The number of carbonyl (C=O) groups is 1. The zero-order valence-electron chi connectivity index (χ0n) is 14.1. The summed E-state index contributed by atoms with van der Waals surface area (Å²) in [6.07, 6.45) is 5.98. The van der Waals surface area contributed by atoms with Crippen LogP contribution in [-0.2, 0) is 4.79 Å². The van der Waals surface area contributed by atoms with E-state index in [0.717, 1.165) is 22.8 Å². The van der Waals surface area contributed by atoms with E-state index in [1.54, 1.807) is 12.4 Å². The molecular formula is C20H15N5O2. The number of anilines is 1. The third-order valence-corrected chi connectivity index (χ3v) is 4.07. The Bertz CT molecular complexity index is 1160. The molecule has 0 aliphatic rings. The molecule has 0 spiro atoms. The van der Waals surface area contributed by atoms with E-state index in [9.17, 15) is 4.79 Å². The number of nitrogen functional groups attached to an aromatic ring is 1. The molecule has 0 radical (unpaired) electrons. The molecule has 0 fully saturated rings. The van der Waals surface area contributed by atoms with Crippen molar-refractivity contribution in [2.24, 2.45) is 0 Å². The maximum absolute atomic E-state index is 10.7. The van der Waals surface area contributed by atoms with Crippen LogP contribution >= 0.6 is 0 Å². The summed E-state index contributed by atoms with van der Waals surface area (Å²) in [4.78, 5) is 24.0. The number of carboxylic acid groups (broad SMARTS) is 1. The molecule has 3 N–H and O–H groups in total. The smallest absolute Gasteiger partial charge is 0.328 e. The molecule has 0 bridgehead atoms. The monoisotopic (exact) mass is 357 g/mol. The molecule has 7 heteroatoms. The van der Waals surface area contributed by atoms with E-state index in [1.807, 2.05) is 53.1 Å². The number of nitrogens with zero attached hydrogens (tertiary/aromatic N) is 4. The molecule has 0 saturated heterocycles. The van der Waals surface area contributed by atoms with Crippen LogP contribution in [0.1, 0.15) is 5.56 Å². The van der Waals surface area contributed by atoms with E-state index in [-0.39, 0.29) is 0 Å². The fourth-order valence-electron chi connectivity index (χ4n) is 2.85. The molecule has 4 rings (SSSR count). The van der Waals surface area contributed by atoms with E-state index in [2.05, 4.69) is 9.97 Å². The average Bonchev–Trinajstić information content (AvgIpc) is 3.06.